The third kappa shape index (κ3) is 7.78. The second kappa shape index (κ2) is 15.7. The Kier molecular flexibility index (Phi) is 11.5. The molecule has 1 heterocycles. The molecule has 0 spiro atoms. The highest BCUT2D eigenvalue weighted by Crippen LogP contribution is 2.49. The summed E-state index contributed by atoms with van der Waals surface area (Å²) >= 11 is 0. The van der Waals surface area contributed by atoms with Gasteiger partial charge in [-0.3, -0.25) is 0 Å². The molecule has 5 rings (SSSR count). The van der Waals surface area contributed by atoms with Crippen molar-refractivity contribution in [1.82, 2.24) is 5.32 Å². The maximum Gasteiger partial charge on any atom is 0.510 e. The van der Waals surface area contributed by atoms with Gasteiger partial charge in [0.05, 0.1) is 6.61 Å². The van der Waals surface area contributed by atoms with Crippen molar-refractivity contribution in [2.24, 2.45) is 11.8 Å². The first kappa shape index (κ1) is 31.5. The van der Waals surface area contributed by atoms with Gasteiger partial charge in [0.15, 0.2) is 6.79 Å². The molecular weight excluding hydrogens is 546 g/mol. The van der Waals surface area contributed by atoms with E-state index in [-0.39, 0.29) is 19.3 Å². The number of carbonyl (C=O) groups excluding carboxylic acids is 2. The van der Waals surface area contributed by atoms with Crippen LogP contribution in [0.15, 0.2) is 60.7 Å². The van der Waals surface area contributed by atoms with Gasteiger partial charge in [-0.25, -0.2) is 9.59 Å². The van der Waals surface area contributed by atoms with Crippen molar-refractivity contribution >= 4 is 12.1 Å². The highest BCUT2D eigenvalue weighted by Gasteiger charge is 2.54. The minimum Gasteiger partial charge on any atom is -0.459 e. The zero-order valence-electron chi connectivity index (χ0n) is 25.2. The van der Waals surface area contributed by atoms with E-state index in [2.05, 4.69) is 5.32 Å². The van der Waals surface area contributed by atoms with Gasteiger partial charge < -0.3 is 29.4 Å². The van der Waals surface area contributed by atoms with E-state index in [0.717, 1.165) is 64.2 Å². The summed E-state index contributed by atoms with van der Waals surface area (Å²) in [5.74, 6) is 0.414. The maximum atomic E-state index is 14.3. The molecule has 2 aromatic carbocycles. The lowest BCUT2D eigenvalue weighted by molar-refractivity contribution is -0.188. The van der Waals surface area contributed by atoms with Gasteiger partial charge in [0, 0.05) is 31.0 Å². The molecule has 3 fully saturated rings. The molecular formula is C35H47NO7. The Bertz CT molecular complexity index is 1100. The zero-order valence-corrected chi connectivity index (χ0v) is 25.2. The van der Waals surface area contributed by atoms with Gasteiger partial charge in [-0.1, -0.05) is 99.2 Å². The summed E-state index contributed by atoms with van der Waals surface area (Å²) in [5, 5.41) is 12.6. The van der Waals surface area contributed by atoms with Crippen LogP contribution in [-0.4, -0.2) is 55.4 Å². The van der Waals surface area contributed by atoms with Gasteiger partial charge >= 0.3 is 12.1 Å². The fourth-order valence-electron chi connectivity index (χ4n) is 7.13. The molecule has 1 aliphatic heterocycles. The Morgan fingerprint density at radius 1 is 0.767 bits per heavy atom. The Balaban J connectivity index is 1.19. The minimum atomic E-state index is -1.61. The summed E-state index contributed by atoms with van der Waals surface area (Å²) in [5.41, 5.74) is -0.386. The molecule has 0 aromatic heterocycles. The van der Waals surface area contributed by atoms with Crippen LogP contribution < -0.4 is 5.32 Å². The van der Waals surface area contributed by atoms with Crippen LogP contribution in [0.4, 0.5) is 4.79 Å². The van der Waals surface area contributed by atoms with Gasteiger partial charge in [-0.15, -0.1) is 0 Å². The minimum absolute atomic E-state index is 0.179. The van der Waals surface area contributed by atoms with Crippen LogP contribution in [0.5, 0.6) is 0 Å². The van der Waals surface area contributed by atoms with Crippen molar-refractivity contribution < 1.29 is 33.6 Å². The number of benzene rings is 2. The molecule has 2 aliphatic carbocycles. The molecule has 234 valence electrons. The van der Waals surface area contributed by atoms with E-state index in [1.165, 1.54) is 12.8 Å². The predicted octanol–water partition coefficient (Wildman–Crippen LogP) is 6.24. The summed E-state index contributed by atoms with van der Waals surface area (Å²) in [6, 6.07) is 19.5. The second-order valence-electron chi connectivity index (χ2n) is 12.3. The van der Waals surface area contributed by atoms with Gasteiger partial charge in [-0.05, 0) is 49.1 Å². The van der Waals surface area contributed by atoms with E-state index in [4.69, 9.17) is 24.1 Å². The SMILES string of the molecule is O=C(OCCCCCCCCCCO)OCOC(C(=O)OC1CC2CC1C1CCC1N2)(c1ccccc1)c1ccccc1. The third-order valence-electron chi connectivity index (χ3n) is 9.51. The van der Waals surface area contributed by atoms with Crippen LogP contribution in [0.3, 0.4) is 0 Å². The normalized spacial score (nSPS) is 24.1. The fourth-order valence-corrected chi connectivity index (χ4v) is 7.13. The largest absolute Gasteiger partial charge is 0.510 e. The van der Waals surface area contributed by atoms with Crippen LogP contribution >= 0.6 is 0 Å². The maximum absolute atomic E-state index is 14.3. The number of aliphatic hydroxyl groups is 1. The topological polar surface area (TPSA) is 103 Å². The number of rotatable bonds is 17. The lowest BCUT2D eigenvalue weighted by Crippen LogP contribution is -2.54. The number of hydrogen-bond donors (Lipinski definition) is 2. The molecule has 1 saturated heterocycles. The smallest absolute Gasteiger partial charge is 0.459 e. The second-order valence-corrected chi connectivity index (χ2v) is 12.3. The summed E-state index contributed by atoms with van der Waals surface area (Å²) < 4.78 is 23.3. The highest BCUT2D eigenvalue weighted by molar-refractivity contribution is 5.86. The molecule has 8 nitrogen and oxygen atoms in total. The Hall–Kier alpha value is -2.94. The summed E-state index contributed by atoms with van der Waals surface area (Å²) in [6.07, 6.45) is 11.4. The average Bonchev–Trinajstić information content (AvgIpc) is 3.36. The van der Waals surface area contributed by atoms with Crippen molar-refractivity contribution in [3.05, 3.63) is 71.8 Å². The molecule has 8 heteroatoms. The molecule has 0 radical (unpaired) electrons. The van der Waals surface area contributed by atoms with Crippen LogP contribution in [0.1, 0.15) is 88.2 Å². The third-order valence-corrected chi connectivity index (χ3v) is 9.51. The standard InChI is InChI=1S/C35H47NO7/c37-21-13-5-3-1-2-4-6-14-22-40-34(39)41-25-42-35(26-15-9-7-10-16-26,27-17-11-8-12-18-27)33(38)43-32-24-28-23-30(32)29-19-20-31(29)36-28/h7-12,15-18,28-32,36-37H,1-6,13-14,19-25H2. The number of aliphatic hydroxyl groups excluding tert-OH is 1. The molecule has 5 unspecified atom stereocenters. The number of ether oxygens (including phenoxy) is 4. The van der Waals surface area contributed by atoms with Crippen molar-refractivity contribution in [2.75, 3.05) is 20.0 Å². The van der Waals surface area contributed by atoms with Crippen molar-refractivity contribution in [2.45, 2.75) is 101 Å². The van der Waals surface area contributed by atoms with Gasteiger partial charge in [0.1, 0.15) is 6.10 Å². The zero-order chi connectivity index (χ0) is 29.9. The van der Waals surface area contributed by atoms with E-state index < -0.39 is 24.5 Å². The summed E-state index contributed by atoms with van der Waals surface area (Å²) in [4.78, 5) is 26.7. The van der Waals surface area contributed by atoms with Crippen molar-refractivity contribution in [3.8, 4) is 0 Å². The van der Waals surface area contributed by atoms with Crippen molar-refractivity contribution in [3.63, 3.8) is 0 Å². The van der Waals surface area contributed by atoms with Gasteiger partial charge in [0.2, 0.25) is 5.60 Å². The number of nitrogens with one attached hydrogen (secondary N) is 1. The van der Waals surface area contributed by atoms with Gasteiger partial charge in [0.25, 0.3) is 0 Å². The van der Waals surface area contributed by atoms with Crippen LogP contribution in [0.25, 0.3) is 0 Å². The number of hydrogen-bond acceptors (Lipinski definition) is 8. The molecule has 3 aliphatic rings. The lowest BCUT2D eigenvalue weighted by Gasteiger charge is -2.46. The van der Waals surface area contributed by atoms with Crippen LogP contribution in [0.2, 0.25) is 0 Å². The highest BCUT2D eigenvalue weighted by atomic mass is 16.8. The first-order valence-electron chi connectivity index (χ1n) is 16.2. The molecule has 2 bridgehead atoms. The number of esters is 1. The number of carbonyl (C=O) groups is 2. The first-order valence-corrected chi connectivity index (χ1v) is 16.2. The fraction of sp³-hybridized carbons (Fsp3) is 0.600. The monoisotopic (exact) mass is 593 g/mol. The van der Waals surface area contributed by atoms with E-state index in [0.29, 0.717) is 35.0 Å². The van der Waals surface area contributed by atoms with Crippen molar-refractivity contribution in [1.29, 1.82) is 0 Å². The van der Waals surface area contributed by atoms with E-state index >= 15 is 0 Å². The average molecular weight is 594 g/mol. The predicted molar refractivity (Wildman–Crippen MR) is 162 cm³/mol. The number of unbranched alkanes of at least 4 members (excludes halogenated alkanes) is 7. The first-order chi connectivity index (χ1) is 21.1. The molecule has 2 saturated carbocycles. The summed E-state index contributed by atoms with van der Waals surface area (Å²) in [7, 11) is 0. The number of piperidine rings is 1. The van der Waals surface area contributed by atoms with Crippen LogP contribution in [-0.2, 0) is 29.3 Å². The molecule has 5 atom stereocenters. The van der Waals surface area contributed by atoms with E-state index in [1.807, 2.05) is 60.7 Å². The van der Waals surface area contributed by atoms with E-state index in [1.54, 1.807) is 0 Å². The molecule has 43 heavy (non-hydrogen) atoms. The van der Waals surface area contributed by atoms with Gasteiger partial charge in [-0.2, -0.15) is 0 Å². The Morgan fingerprint density at radius 3 is 2.00 bits per heavy atom. The lowest BCUT2D eigenvalue weighted by atomic mass is 9.68. The molecule has 2 aromatic rings. The van der Waals surface area contributed by atoms with E-state index in [9.17, 15) is 9.59 Å². The molecule has 0 amide bonds. The summed E-state index contributed by atoms with van der Waals surface area (Å²) in [6.45, 7) is 0.0742. The Labute approximate surface area is 255 Å². The quantitative estimate of drug-likeness (QED) is 0.126. The van der Waals surface area contributed by atoms with Crippen LogP contribution in [0, 0.1) is 11.8 Å². The molecule has 2 N–H and O–H groups in total. The number of fused-ring (bicyclic) bond motifs is 4. The Morgan fingerprint density at radius 2 is 1.40 bits per heavy atom.